The second-order valence-electron chi connectivity index (χ2n) is 7.22. The van der Waals surface area contributed by atoms with Gasteiger partial charge in [0.1, 0.15) is 4.90 Å². The van der Waals surface area contributed by atoms with Crippen LogP contribution in [-0.4, -0.2) is 63.5 Å². The number of rotatable bonds is 9. The molecule has 0 bridgehead atoms. The summed E-state index contributed by atoms with van der Waals surface area (Å²) in [5, 5.41) is 6.53. The van der Waals surface area contributed by atoms with Crippen LogP contribution in [0.25, 0.3) is 0 Å². The summed E-state index contributed by atoms with van der Waals surface area (Å²) in [7, 11) is -1.83. The van der Waals surface area contributed by atoms with Gasteiger partial charge in [-0.25, -0.2) is 13.1 Å². The van der Waals surface area contributed by atoms with E-state index >= 15 is 0 Å². The summed E-state index contributed by atoms with van der Waals surface area (Å²) in [5.74, 6) is 0.669. The minimum Gasteiger partial charge on any atom is -0.355 e. The van der Waals surface area contributed by atoms with Gasteiger partial charge in [-0.15, -0.1) is 0 Å². The number of sulfonamides is 1. The van der Waals surface area contributed by atoms with Crippen LogP contribution in [0.5, 0.6) is 0 Å². The Balaban J connectivity index is 1.40. The van der Waals surface area contributed by atoms with Crippen molar-refractivity contribution in [3.63, 3.8) is 0 Å². The number of aromatic nitrogens is 1. The first-order chi connectivity index (χ1) is 14.6. The van der Waals surface area contributed by atoms with Crippen LogP contribution in [0.2, 0.25) is 0 Å². The van der Waals surface area contributed by atoms with Gasteiger partial charge in [0.2, 0.25) is 10.0 Å². The molecule has 1 saturated heterocycles. The maximum Gasteiger partial charge on any atom is 0.242 e. The van der Waals surface area contributed by atoms with E-state index in [1.54, 1.807) is 19.3 Å². The number of benzene rings is 1. The van der Waals surface area contributed by atoms with E-state index in [-0.39, 0.29) is 11.4 Å². The van der Waals surface area contributed by atoms with E-state index in [9.17, 15) is 8.42 Å². The number of hydrogen-bond donors (Lipinski definition) is 3. The van der Waals surface area contributed by atoms with Gasteiger partial charge in [-0.2, -0.15) is 0 Å². The minimum absolute atomic E-state index is 0.159. The summed E-state index contributed by atoms with van der Waals surface area (Å²) < 4.78 is 27.0. The van der Waals surface area contributed by atoms with Gasteiger partial charge in [-0.3, -0.25) is 14.9 Å². The van der Waals surface area contributed by atoms with Crippen molar-refractivity contribution in [2.24, 2.45) is 4.99 Å². The van der Waals surface area contributed by atoms with Gasteiger partial charge in [0.05, 0.1) is 0 Å². The zero-order valence-corrected chi connectivity index (χ0v) is 18.1. The third-order valence-corrected chi connectivity index (χ3v) is 6.56. The molecule has 1 aliphatic rings. The fraction of sp³-hybridized carbons (Fsp3) is 0.429. The standard InChI is InChI=1S/C21H30N6O2S/c1-22-21(24-12-13-26-30(28,29)20-10-5-11-23-16-20)25-15-19-9-6-14-27(19)17-18-7-3-2-4-8-18/h2-5,7-8,10-11,16,19,26H,6,9,12-15,17H2,1H3,(H2,22,24,25). The lowest BCUT2D eigenvalue weighted by atomic mass is 10.2. The lowest BCUT2D eigenvalue weighted by molar-refractivity contribution is 0.245. The van der Waals surface area contributed by atoms with Crippen LogP contribution < -0.4 is 15.4 Å². The molecular weight excluding hydrogens is 400 g/mol. The molecule has 2 aromatic rings. The van der Waals surface area contributed by atoms with Crippen molar-refractivity contribution >= 4 is 16.0 Å². The molecule has 1 atom stereocenters. The largest absolute Gasteiger partial charge is 0.355 e. The van der Waals surface area contributed by atoms with Crippen LogP contribution in [0.1, 0.15) is 18.4 Å². The monoisotopic (exact) mass is 430 g/mol. The van der Waals surface area contributed by atoms with E-state index in [0.717, 1.165) is 26.1 Å². The Hall–Kier alpha value is -2.49. The second kappa shape index (κ2) is 11.1. The lowest BCUT2D eigenvalue weighted by Gasteiger charge is -2.25. The molecule has 1 unspecified atom stereocenters. The van der Waals surface area contributed by atoms with E-state index in [2.05, 4.69) is 54.5 Å². The maximum atomic E-state index is 12.2. The molecule has 1 aromatic heterocycles. The van der Waals surface area contributed by atoms with Crippen molar-refractivity contribution in [2.45, 2.75) is 30.3 Å². The molecule has 0 radical (unpaired) electrons. The molecule has 1 aromatic carbocycles. The number of pyridine rings is 1. The zero-order chi connectivity index (χ0) is 21.2. The maximum absolute atomic E-state index is 12.2. The van der Waals surface area contributed by atoms with Gasteiger partial charge in [0.25, 0.3) is 0 Å². The highest BCUT2D eigenvalue weighted by molar-refractivity contribution is 7.89. The Morgan fingerprint density at radius 3 is 2.73 bits per heavy atom. The zero-order valence-electron chi connectivity index (χ0n) is 17.3. The van der Waals surface area contributed by atoms with Crippen molar-refractivity contribution < 1.29 is 8.42 Å². The molecule has 30 heavy (non-hydrogen) atoms. The molecule has 0 amide bonds. The molecular formula is C21H30N6O2S. The van der Waals surface area contributed by atoms with Crippen LogP contribution in [0, 0.1) is 0 Å². The molecule has 0 spiro atoms. The first-order valence-electron chi connectivity index (χ1n) is 10.2. The Bertz CT molecular complexity index is 906. The van der Waals surface area contributed by atoms with E-state index < -0.39 is 10.0 Å². The van der Waals surface area contributed by atoms with Gasteiger partial charge in [0.15, 0.2) is 5.96 Å². The molecule has 2 heterocycles. The smallest absolute Gasteiger partial charge is 0.242 e. The van der Waals surface area contributed by atoms with Crippen LogP contribution in [0.15, 0.2) is 64.7 Å². The first kappa shape index (κ1) is 22.2. The Morgan fingerprint density at radius 2 is 2.00 bits per heavy atom. The molecule has 9 heteroatoms. The molecule has 0 saturated carbocycles. The SMILES string of the molecule is CN=C(NCCNS(=O)(=O)c1cccnc1)NCC1CCCN1Cc1ccccc1. The van der Waals surface area contributed by atoms with Gasteiger partial charge < -0.3 is 10.6 Å². The van der Waals surface area contributed by atoms with Crippen molar-refractivity contribution in [1.29, 1.82) is 0 Å². The topological polar surface area (TPSA) is 98.7 Å². The lowest BCUT2D eigenvalue weighted by Crippen LogP contribution is -2.46. The van der Waals surface area contributed by atoms with Crippen LogP contribution in [-0.2, 0) is 16.6 Å². The van der Waals surface area contributed by atoms with Crippen LogP contribution in [0.4, 0.5) is 0 Å². The average molecular weight is 431 g/mol. The quantitative estimate of drug-likeness (QED) is 0.314. The van der Waals surface area contributed by atoms with E-state index in [1.165, 1.54) is 24.2 Å². The fourth-order valence-corrected chi connectivity index (χ4v) is 4.54. The summed E-state index contributed by atoms with van der Waals surface area (Å²) in [6, 6.07) is 14.1. The predicted molar refractivity (Wildman–Crippen MR) is 119 cm³/mol. The third kappa shape index (κ3) is 6.51. The first-order valence-corrected chi connectivity index (χ1v) is 11.7. The highest BCUT2D eigenvalue weighted by Gasteiger charge is 2.24. The Morgan fingerprint density at radius 1 is 1.17 bits per heavy atom. The van der Waals surface area contributed by atoms with Gasteiger partial charge in [0, 0.05) is 51.7 Å². The van der Waals surface area contributed by atoms with Gasteiger partial charge in [-0.1, -0.05) is 30.3 Å². The summed E-state index contributed by atoms with van der Waals surface area (Å²) in [6.07, 6.45) is 5.23. The Kier molecular flexibility index (Phi) is 8.18. The summed E-state index contributed by atoms with van der Waals surface area (Å²) in [6.45, 7) is 3.53. The molecule has 8 nitrogen and oxygen atoms in total. The average Bonchev–Trinajstić information content (AvgIpc) is 3.21. The molecule has 0 aliphatic carbocycles. The van der Waals surface area contributed by atoms with Crippen molar-refractivity contribution in [3.8, 4) is 0 Å². The van der Waals surface area contributed by atoms with E-state index in [4.69, 9.17) is 0 Å². The second-order valence-corrected chi connectivity index (χ2v) is 8.99. The number of guanidine groups is 1. The minimum atomic E-state index is -3.55. The van der Waals surface area contributed by atoms with Crippen molar-refractivity contribution in [2.75, 3.05) is 33.2 Å². The predicted octanol–water partition coefficient (Wildman–Crippen LogP) is 1.19. The third-order valence-electron chi connectivity index (χ3n) is 5.11. The van der Waals surface area contributed by atoms with Gasteiger partial charge >= 0.3 is 0 Å². The molecule has 3 N–H and O–H groups in total. The molecule has 1 fully saturated rings. The van der Waals surface area contributed by atoms with Crippen LogP contribution >= 0.6 is 0 Å². The summed E-state index contributed by atoms with van der Waals surface area (Å²) in [5.41, 5.74) is 1.33. The van der Waals surface area contributed by atoms with Gasteiger partial charge in [-0.05, 0) is 37.1 Å². The van der Waals surface area contributed by atoms with Crippen molar-refractivity contribution in [3.05, 3.63) is 60.4 Å². The normalized spacial score (nSPS) is 17.8. The number of likely N-dealkylation sites (tertiary alicyclic amines) is 1. The van der Waals surface area contributed by atoms with Crippen LogP contribution in [0.3, 0.4) is 0 Å². The highest BCUT2D eigenvalue weighted by atomic mass is 32.2. The molecule has 3 rings (SSSR count). The van der Waals surface area contributed by atoms with Crippen molar-refractivity contribution in [1.82, 2.24) is 25.2 Å². The molecule has 1 aliphatic heterocycles. The highest BCUT2D eigenvalue weighted by Crippen LogP contribution is 2.19. The molecule has 162 valence electrons. The summed E-state index contributed by atoms with van der Waals surface area (Å²) in [4.78, 5) is 10.7. The fourth-order valence-electron chi connectivity index (χ4n) is 3.54. The number of hydrogen-bond acceptors (Lipinski definition) is 5. The Labute approximate surface area is 178 Å². The summed E-state index contributed by atoms with van der Waals surface area (Å²) >= 11 is 0. The number of nitrogens with one attached hydrogen (secondary N) is 3. The van der Waals surface area contributed by atoms with E-state index in [1.807, 2.05) is 6.07 Å². The van der Waals surface area contributed by atoms with E-state index in [0.29, 0.717) is 18.5 Å². The number of nitrogens with zero attached hydrogens (tertiary/aromatic N) is 3. The number of aliphatic imine (C=N–C) groups is 1.